The lowest BCUT2D eigenvalue weighted by Crippen LogP contribution is -2.39. The van der Waals surface area contributed by atoms with E-state index in [1.807, 2.05) is 29.2 Å². The number of benzene rings is 2. The summed E-state index contributed by atoms with van der Waals surface area (Å²) in [5, 5.41) is 0.462. The smallest absolute Gasteiger partial charge is 0.252 e. The van der Waals surface area contributed by atoms with Gasteiger partial charge in [0.15, 0.2) is 15.0 Å². The molecule has 0 saturated carbocycles. The summed E-state index contributed by atoms with van der Waals surface area (Å²) in [4.78, 5) is 18.8. The Bertz CT molecular complexity index is 1090. The van der Waals surface area contributed by atoms with Crippen LogP contribution in [0.5, 0.6) is 5.75 Å². The average molecular weight is 463 g/mol. The molecule has 0 spiro atoms. The van der Waals surface area contributed by atoms with Crippen LogP contribution in [0.3, 0.4) is 0 Å². The van der Waals surface area contributed by atoms with E-state index >= 15 is 0 Å². The Labute approximate surface area is 185 Å². The van der Waals surface area contributed by atoms with Crippen LogP contribution in [0.15, 0.2) is 53.5 Å². The van der Waals surface area contributed by atoms with Crippen molar-refractivity contribution in [2.45, 2.75) is 24.1 Å². The fourth-order valence-corrected chi connectivity index (χ4v) is 7.86. The summed E-state index contributed by atoms with van der Waals surface area (Å²) >= 11 is 1.37. The molecule has 0 N–H and O–H groups in total. The van der Waals surface area contributed by atoms with Crippen molar-refractivity contribution in [3.8, 4) is 5.75 Å². The van der Waals surface area contributed by atoms with Gasteiger partial charge in [0.1, 0.15) is 11.6 Å². The lowest BCUT2D eigenvalue weighted by molar-refractivity contribution is -0.117. The zero-order chi connectivity index (χ0) is 22.0. The van der Waals surface area contributed by atoms with E-state index in [-0.39, 0.29) is 40.9 Å². The first kappa shape index (κ1) is 21.8. The van der Waals surface area contributed by atoms with Crippen LogP contribution < -0.4 is 4.74 Å². The van der Waals surface area contributed by atoms with Crippen LogP contribution in [-0.4, -0.2) is 60.8 Å². The lowest BCUT2D eigenvalue weighted by Gasteiger charge is -2.24. The highest BCUT2D eigenvalue weighted by Gasteiger charge is 2.48. The molecule has 6 nitrogen and oxygen atoms in total. The molecule has 1 amide bonds. The second kappa shape index (κ2) is 9.00. The van der Waals surface area contributed by atoms with E-state index in [1.165, 1.54) is 23.9 Å². The van der Waals surface area contributed by atoms with Crippen molar-refractivity contribution in [3.63, 3.8) is 0 Å². The van der Waals surface area contributed by atoms with Crippen molar-refractivity contribution in [2.75, 3.05) is 25.2 Å². The van der Waals surface area contributed by atoms with E-state index in [1.54, 1.807) is 19.2 Å². The summed E-state index contributed by atoms with van der Waals surface area (Å²) in [6.07, 6.45) is 0.767. The van der Waals surface area contributed by atoms with Gasteiger partial charge in [-0.1, -0.05) is 36.0 Å². The third-order valence-electron chi connectivity index (χ3n) is 5.46. The highest BCUT2D eigenvalue weighted by molar-refractivity contribution is 8.15. The van der Waals surface area contributed by atoms with Gasteiger partial charge in [-0.2, -0.15) is 4.99 Å². The number of halogens is 1. The van der Waals surface area contributed by atoms with E-state index in [4.69, 9.17) is 4.74 Å². The summed E-state index contributed by atoms with van der Waals surface area (Å²) in [6, 6.07) is 13.3. The number of nitrogens with zero attached hydrogens (tertiary/aromatic N) is 2. The molecule has 2 atom stereocenters. The minimum Gasteiger partial charge on any atom is -0.497 e. The fraction of sp³-hybridized carbons (Fsp3) is 0.364. The molecular weight excluding hydrogens is 439 g/mol. The number of hydrogen-bond donors (Lipinski definition) is 0. The maximum atomic E-state index is 13.1. The third-order valence-corrected chi connectivity index (χ3v) is 8.71. The zero-order valence-corrected chi connectivity index (χ0v) is 18.7. The summed E-state index contributed by atoms with van der Waals surface area (Å²) in [7, 11) is -1.48. The van der Waals surface area contributed by atoms with Gasteiger partial charge in [-0.15, -0.1) is 0 Å². The predicted octanol–water partition coefficient (Wildman–Crippen LogP) is 2.72. The number of aliphatic imine (C=N–C) groups is 1. The molecule has 2 saturated heterocycles. The second-order valence-corrected chi connectivity index (χ2v) is 11.0. The monoisotopic (exact) mass is 462 g/mol. The number of methoxy groups -OCH3 is 1. The topological polar surface area (TPSA) is 76.0 Å². The van der Waals surface area contributed by atoms with Gasteiger partial charge in [-0.3, -0.25) is 4.79 Å². The van der Waals surface area contributed by atoms with Gasteiger partial charge in [0, 0.05) is 11.8 Å². The van der Waals surface area contributed by atoms with E-state index in [0.29, 0.717) is 23.7 Å². The summed E-state index contributed by atoms with van der Waals surface area (Å²) in [6.45, 7) is 0.568. The van der Waals surface area contributed by atoms with Crippen LogP contribution in [0.1, 0.15) is 11.1 Å². The molecule has 0 bridgehead atoms. The van der Waals surface area contributed by atoms with Crippen LogP contribution in [0.4, 0.5) is 4.39 Å². The fourth-order valence-electron chi connectivity index (χ4n) is 3.86. The molecule has 2 heterocycles. The summed E-state index contributed by atoms with van der Waals surface area (Å²) in [5.41, 5.74) is 1.78. The van der Waals surface area contributed by atoms with E-state index in [0.717, 1.165) is 11.3 Å². The number of thioether (sulfide) groups is 1. The molecule has 2 aliphatic rings. The Morgan fingerprint density at radius 1 is 1.13 bits per heavy atom. The average Bonchev–Trinajstić information content (AvgIpc) is 3.19. The van der Waals surface area contributed by atoms with Crippen LogP contribution in [0, 0.1) is 5.82 Å². The number of carbonyl (C=O) groups is 1. The number of amides is 1. The third kappa shape index (κ3) is 5.27. The molecular formula is C22H23FN2O4S2. The van der Waals surface area contributed by atoms with Crippen molar-refractivity contribution in [2.24, 2.45) is 4.99 Å². The van der Waals surface area contributed by atoms with Gasteiger partial charge in [0.25, 0.3) is 5.91 Å². The van der Waals surface area contributed by atoms with Crippen molar-refractivity contribution >= 4 is 32.7 Å². The Hall–Kier alpha value is -2.39. The maximum Gasteiger partial charge on any atom is 0.252 e. The Morgan fingerprint density at radius 3 is 2.48 bits per heavy atom. The van der Waals surface area contributed by atoms with Gasteiger partial charge in [0.2, 0.25) is 0 Å². The van der Waals surface area contributed by atoms with Gasteiger partial charge < -0.3 is 9.64 Å². The lowest BCUT2D eigenvalue weighted by atomic mass is 10.1. The molecule has 4 rings (SSSR count). The normalized spacial score (nSPS) is 23.2. The number of sulfone groups is 1. The van der Waals surface area contributed by atoms with Gasteiger partial charge in [-0.05, 0) is 41.8 Å². The molecule has 2 aromatic carbocycles. The summed E-state index contributed by atoms with van der Waals surface area (Å²) < 4.78 is 42.6. The van der Waals surface area contributed by atoms with Gasteiger partial charge in [-0.25, -0.2) is 12.8 Å². The first-order valence-corrected chi connectivity index (χ1v) is 12.7. The molecule has 0 unspecified atom stereocenters. The van der Waals surface area contributed by atoms with Crippen LogP contribution >= 0.6 is 11.8 Å². The quantitative estimate of drug-likeness (QED) is 0.657. The standard InChI is InChI=1S/C22H23FN2O4S2/c1-29-18-8-4-15(5-9-18)10-11-25-19-13-31(27,28)14-20(19)30-22(25)24-21(26)12-16-2-6-17(23)7-3-16/h2-9,19-20H,10-14H2,1H3/t19-,20-/m1/s1. The van der Waals surface area contributed by atoms with E-state index < -0.39 is 9.84 Å². The first-order chi connectivity index (χ1) is 14.8. The number of fused-ring (bicyclic) bond motifs is 1. The molecule has 2 aromatic rings. The van der Waals surface area contributed by atoms with Crippen LogP contribution in [0.25, 0.3) is 0 Å². The number of rotatable bonds is 6. The molecule has 9 heteroatoms. The van der Waals surface area contributed by atoms with Crippen molar-refractivity contribution in [1.29, 1.82) is 0 Å². The number of carbonyl (C=O) groups excluding carboxylic acids is 1. The minimum absolute atomic E-state index is 0.0737. The largest absolute Gasteiger partial charge is 0.497 e. The van der Waals surface area contributed by atoms with E-state index in [9.17, 15) is 17.6 Å². The molecule has 164 valence electrons. The second-order valence-electron chi connectivity index (χ2n) is 7.68. The highest BCUT2D eigenvalue weighted by Crippen LogP contribution is 2.38. The summed E-state index contributed by atoms with van der Waals surface area (Å²) in [5.74, 6) is 0.278. The van der Waals surface area contributed by atoms with Crippen molar-refractivity contribution < 1.29 is 22.3 Å². The highest BCUT2D eigenvalue weighted by atomic mass is 32.2. The molecule has 2 aliphatic heterocycles. The predicted molar refractivity (Wildman–Crippen MR) is 120 cm³/mol. The van der Waals surface area contributed by atoms with Crippen molar-refractivity contribution in [3.05, 3.63) is 65.5 Å². The Balaban J connectivity index is 1.49. The molecule has 2 fully saturated rings. The maximum absolute atomic E-state index is 13.1. The first-order valence-electron chi connectivity index (χ1n) is 9.95. The number of hydrogen-bond acceptors (Lipinski definition) is 5. The molecule has 0 aliphatic carbocycles. The Morgan fingerprint density at radius 2 is 1.81 bits per heavy atom. The van der Waals surface area contributed by atoms with E-state index in [2.05, 4.69) is 4.99 Å². The van der Waals surface area contributed by atoms with Crippen LogP contribution in [-0.2, 0) is 27.5 Å². The minimum atomic E-state index is -3.09. The van der Waals surface area contributed by atoms with Crippen molar-refractivity contribution in [1.82, 2.24) is 4.90 Å². The van der Waals surface area contributed by atoms with Gasteiger partial charge >= 0.3 is 0 Å². The molecule has 31 heavy (non-hydrogen) atoms. The SMILES string of the molecule is COc1ccc(CCN2C(=NC(=O)Cc3ccc(F)cc3)S[C@@H]3CS(=O)(=O)C[C@H]32)cc1. The molecule has 0 aromatic heterocycles. The number of ether oxygens (including phenoxy) is 1. The zero-order valence-electron chi connectivity index (χ0n) is 17.0. The van der Waals surface area contributed by atoms with Crippen LogP contribution in [0.2, 0.25) is 0 Å². The molecule has 0 radical (unpaired) electrons. The number of amidine groups is 1. The Kier molecular flexibility index (Phi) is 6.34. The van der Waals surface area contributed by atoms with Gasteiger partial charge in [0.05, 0.1) is 31.1 Å².